The topological polar surface area (TPSA) is 38.0 Å². The summed E-state index contributed by atoms with van der Waals surface area (Å²) in [4.78, 5) is 0. The van der Waals surface area contributed by atoms with Crippen LogP contribution in [0.1, 0.15) is 6.42 Å². The van der Waals surface area contributed by atoms with Crippen LogP contribution in [0, 0.1) is 0 Å². The first-order valence-electron chi connectivity index (χ1n) is 4.63. The summed E-state index contributed by atoms with van der Waals surface area (Å²) in [6.07, 6.45) is -9.60. The number of nitrogens with one attached hydrogen (secondary N) is 1. The predicted molar refractivity (Wildman–Crippen MR) is 56.6 cm³/mol. The highest BCUT2D eigenvalue weighted by Gasteiger charge is 2.41. The van der Waals surface area contributed by atoms with Crippen LogP contribution >= 0.6 is 12.2 Å². The minimum absolute atomic E-state index is 0.0950. The third-order valence-electron chi connectivity index (χ3n) is 2.17. The van der Waals surface area contributed by atoms with Crippen LogP contribution in [0.4, 0.5) is 26.3 Å². The summed E-state index contributed by atoms with van der Waals surface area (Å²) >= 11 is 4.40. The van der Waals surface area contributed by atoms with E-state index in [1.807, 2.05) is 0 Å². The number of hydrogen-bond acceptors (Lipinski definition) is 1. The van der Waals surface area contributed by atoms with Crippen LogP contribution in [-0.2, 0) is 0 Å². The lowest BCUT2D eigenvalue weighted by Gasteiger charge is -2.25. The van der Waals surface area contributed by atoms with E-state index in [9.17, 15) is 26.3 Å². The van der Waals surface area contributed by atoms with Gasteiger partial charge >= 0.3 is 12.4 Å². The summed E-state index contributed by atoms with van der Waals surface area (Å²) in [5, 5.41) is 1.82. The minimum Gasteiger partial charge on any atom is -0.376 e. The summed E-state index contributed by atoms with van der Waals surface area (Å²) in [5.74, 6) is 0. The molecule has 9 heteroatoms. The molecule has 1 atom stereocenters. The second kappa shape index (κ2) is 4.79. The molecular weight excluding hydrogens is 282 g/mol. The molecule has 0 radical (unpaired) electrons. The average Bonchev–Trinajstić information content (AvgIpc) is 2.13. The monoisotopic (exact) mass is 290 g/mol. The molecule has 3 N–H and O–H groups in total. The van der Waals surface area contributed by atoms with Crippen molar-refractivity contribution in [1.29, 1.82) is 0 Å². The molecule has 0 fully saturated rings. The molecule has 0 aromatic rings. The normalized spacial score (nSPS) is 21.1. The Morgan fingerprint density at radius 2 is 1.78 bits per heavy atom. The molecule has 0 bridgehead atoms. The van der Waals surface area contributed by atoms with Gasteiger partial charge in [0, 0.05) is 12.0 Å². The Balaban J connectivity index is 3.08. The molecule has 1 aliphatic carbocycles. The number of thiocarbonyl (C=S) groups is 1. The molecule has 0 aromatic heterocycles. The van der Waals surface area contributed by atoms with Crippen molar-refractivity contribution in [3.8, 4) is 0 Å². The number of hydrogen-bond donors (Lipinski definition) is 2. The lowest BCUT2D eigenvalue weighted by Crippen LogP contribution is -2.40. The van der Waals surface area contributed by atoms with Gasteiger partial charge in [-0.15, -0.1) is 0 Å². The fourth-order valence-electron chi connectivity index (χ4n) is 1.46. The Morgan fingerprint density at radius 1 is 1.22 bits per heavy atom. The van der Waals surface area contributed by atoms with Crippen molar-refractivity contribution < 1.29 is 26.3 Å². The predicted octanol–water partition coefficient (Wildman–Crippen LogP) is 2.57. The van der Waals surface area contributed by atoms with E-state index in [2.05, 4.69) is 17.5 Å². The molecule has 0 aliphatic heterocycles. The van der Waals surface area contributed by atoms with E-state index >= 15 is 0 Å². The van der Waals surface area contributed by atoms with Crippen molar-refractivity contribution in [3.63, 3.8) is 0 Å². The molecular formula is C9H8F6N2S. The van der Waals surface area contributed by atoms with Crippen molar-refractivity contribution in [3.05, 3.63) is 23.3 Å². The molecule has 0 aromatic carbocycles. The van der Waals surface area contributed by atoms with Gasteiger partial charge in [0.25, 0.3) is 0 Å². The van der Waals surface area contributed by atoms with Crippen molar-refractivity contribution in [2.45, 2.75) is 24.8 Å². The van der Waals surface area contributed by atoms with Gasteiger partial charge in [0.2, 0.25) is 0 Å². The van der Waals surface area contributed by atoms with Crippen LogP contribution in [0.15, 0.2) is 23.3 Å². The van der Waals surface area contributed by atoms with E-state index in [-0.39, 0.29) is 11.2 Å². The van der Waals surface area contributed by atoms with E-state index in [1.54, 1.807) is 0 Å². The van der Waals surface area contributed by atoms with Crippen LogP contribution in [-0.4, -0.2) is 23.5 Å². The quantitative estimate of drug-likeness (QED) is 0.576. The highest BCUT2D eigenvalue weighted by Crippen LogP contribution is 2.37. The van der Waals surface area contributed by atoms with Gasteiger partial charge in [0.05, 0.1) is 11.6 Å². The van der Waals surface area contributed by atoms with E-state index < -0.39 is 36.0 Å². The Morgan fingerprint density at radius 3 is 2.17 bits per heavy atom. The molecule has 1 rings (SSSR count). The van der Waals surface area contributed by atoms with Crippen LogP contribution in [0.5, 0.6) is 0 Å². The van der Waals surface area contributed by atoms with Gasteiger partial charge in [0.15, 0.2) is 5.11 Å². The maximum atomic E-state index is 12.5. The standard InChI is InChI=1S/C9H8F6N2S/c10-8(11,12)4-1-5(9(13,14)15)3-6(2-4)17-7(16)18/h1-2,6H,3H2,(H3,16,17,18). The smallest absolute Gasteiger partial charge is 0.376 e. The zero-order valence-electron chi connectivity index (χ0n) is 8.69. The third-order valence-corrected chi connectivity index (χ3v) is 2.29. The lowest BCUT2D eigenvalue weighted by molar-refractivity contribution is -0.0992. The van der Waals surface area contributed by atoms with E-state index in [0.29, 0.717) is 6.08 Å². The lowest BCUT2D eigenvalue weighted by atomic mass is 9.95. The van der Waals surface area contributed by atoms with Crippen LogP contribution in [0.25, 0.3) is 0 Å². The van der Waals surface area contributed by atoms with Crippen molar-refractivity contribution >= 4 is 17.3 Å². The van der Waals surface area contributed by atoms with Crippen molar-refractivity contribution in [2.75, 3.05) is 0 Å². The summed E-state index contributed by atoms with van der Waals surface area (Å²) in [6, 6.07) is -1.22. The fourth-order valence-corrected chi connectivity index (χ4v) is 1.61. The number of nitrogens with two attached hydrogens (primary N) is 1. The van der Waals surface area contributed by atoms with Crippen molar-refractivity contribution in [1.82, 2.24) is 5.32 Å². The fraction of sp³-hybridized carbons (Fsp3) is 0.444. The highest BCUT2D eigenvalue weighted by atomic mass is 32.1. The molecule has 0 heterocycles. The summed E-state index contributed by atoms with van der Waals surface area (Å²) in [7, 11) is 0. The largest absolute Gasteiger partial charge is 0.416 e. The van der Waals surface area contributed by atoms with E-state index in [0.717, 1.165) is 0 Å². The summed E-state index contributed by atoms with van der Waals surface area (Å²) < 4.78 is 74.7. The Hall–Kier alpha value is -1.25. The molecule has 0 saturated carbocycles. The molecule has 18 heavy (non-hydrogen) atoms. The number of rotatable bonds is 1. The van der Waals surface area contributed by atoms with Gasteiger partial charge in [-0.1, -0.05) is 0 Å². The first kappa shape index (κ1) is 14.8. The molecule has 1 unspecified atom stereocenters. The summed E-state index contributed by atoms with van der Waals surface area (Å²) in [5.41, 5.74) is 2.40. The van der Waals surface area contributed by atoms with Gasteiger partial charge < -0.3 is 11.1 Å². The van der Waals surface area contributed by atoms with Crippen LogP contribution < -0.4 is 11.1 Å². The van der Waals surface area contributed by atoms with Crippen molar-refractivity contribution in [2.24, 2.45) is 5.73 Å². The van der Waals surface area contributed by atoms with E-state index in [4.69, 9.17) is 5.73 Å². The highest BCUT2D eigenvalue weighted by molar-refractivity contribution is 7.80. The second-order valence-electron chi connectivity index (χ2n) is 3.61. The SMILES string of the molecule is NC(=S)NC1C=C(C(F)(F)F)C=C(C(F)(F)F)C1. The average molecular weight is 290 g/mol. The number of allylic oxidation sites excluding steroid dienone is 2. The van der Waals surface area contributed by atoms with Gasteiger partial charge in [-0.3, -0.25) is 0 Å². The van der Waals surface area contributed by atoms with Gasteiger partial charge in [-0.25, -0.2) is 0 Å². The van der Waals surface area contributed by atoms with Crippen LogP contribution in [0.3, 0.4) is 0 Å². The zero-order valence-corrected chi connectivity index (χ0v) is 9.51. The summed E-state index contributed by atoms with van der Waals surface area (Å²) in [6.45, 7) is 0. The maximum absolute atomic E-state index is 12.5. The number of halogens is 6. The van der Waals surface area contributed by atoms with Gasteiger partial charge in [-0.2, -0.15) is 26.3 Å². The zero-order chi connectivity index (χ0) is 14.1. The molecule has 2 nitrogen and oxygen atoms in total. The second-order valence-corrected chi connectivity index (χ2v) is 4.05. The first-order valence-corrected chi connectivity index (χ1v) is 5.03. The molecule has 0 amide bonds. The number of alkyl halides is 6. The molecule has 0 spiro atoms. The molecule has 0 saturated heterocycles. The van der Waals surface area contributed by atoms with Gasteiger partial charge in [-0.05, 0) is 24.4 Å². The molecule has 1 aliphatic rings. The molecule has 102 valence electrons. The van der Waals surface area contributed by atoms with Crippen LogP contribution in [0.2, 0.25) is 0 Å². The Labute approximate surface area is 104 Å². The minimum atomic E-state index is -4.85. The van der Waals surface area contributed by atoms with E-state index in [1.165, 1.54) is 0 Å². The van der Waals surface area contributed by atoms with Gasteiger partial charge in [0.1, 0.15) is 0 Å². The maximum Gasteiger partial charge on any atom is 0.416 e. The third kappa shape index (κ3) is 3.90. The Kier molecular flexibility index (Phi) is 3.94. The Bertz CT molecular complexity index is 406. The first-order chi connectivity index (χ1) is 8.00.